The Bertz CT molecular complexity index is 1120. The average molecular weight is 607 g/mol. The van der Waals surface area contributed by atoms with E-state index in [9.17, 15) is 0 Å². The van der Waals surface area contributed by atoms with Crippen LogP contribution in [0.1, 0.15) is 0 Å². The molecule has 12 heteroatoms. The molecule has 0 bridgehead atoms. The molecule has 0 amide bonds. The summed E-state index contributed by atoms with van der Waals surface area (Å²) in [4.78, 5) is 0. The van der Waals surface area contributed by atoms with Crippen molar-refractivity contribution >= 4 is 100 Å². The summed E-state index contributed by atoms with van der Waals surface area (Å²) in [5.41, 5.74) is 0. The van der Waals surface area contributed by atoms with E-state index in [4.69, 9.17) is 61.9 Å². The number of rotatable bonds is 6. The first-order chi connectivity index (χ1) is 15.7. The van der Waals surface area contributed by atoms with Crippen molar-refractivity contribution in [1.29, 1.82) is 0 Å². The van der Waals surface area contributed by atoms with Gasteiger partial charge in [-0.2, -0.15) is 0 Å². The predicted molar refractivity (Wildman–Crippen MR) is 163 cm³/mol. The van der Waals surface area contributed by atoms with Gasteiger partial charge in [-0.3, -0.25) is 0 Å². The Kier molecular flexibility index (Phi) is 10.2. The van der Waals surface area contributed by atoms with Gasteiger partial charge in [-0.25, -0.2) is 0 Å². The van der Waals surface area contributed by atoms with Crippen LogP contribution in [0.15, 0.2) is 72.8 Å². The molecule has 1 heterocycles. The number of methoxy groups -OCH3 is 3. The smallest absolute Gasteiger partial charge is 0.139 e. The van der Waals surface area contributed by atoms with E-state index in [-0.39, 0.29) is 0 Å². The van der Waals surface area contributed by atoms with Crippen molar-refractivity contribution < 1.29 is 14.2 Å². The molecule has 3 aromatic carbocycles. The second-order valence-corrected chi connectivity index (χ2v) is 31.7. The van der Waals surface area contributed by atoms with Gasteiger partial charge in [0.25, 0.3) is 0 Å². The van der Waals surface area contributed by atoms with Crippen LogP contribution in [0.4, 0.5) is 0 Å². The Morgan fingerprint density at radius 2 is 0.939 bits per heavy atom. The number of ether oxygens (including phenoxy) is 3. The fourth-order valence-corrected chi connectivity index (χ4v) is 46.1. The molecule has 0 spiro atoms. The van der Waals surface area contributed by atoms with Gasteiger partial charge < -0.3 is 26.5 Å². The van der Waals surface area contributed by atoms with Crippen LogP contribution in [0.3, 0.4) is 0 Å². The van der Waals surface area contributed by atoms with Gasteiger partial charge >= 0.3 is 0 Å². The summed E-state index contributed by atoms with van der Waals surface area (Å²) in [7, 11) is 4.98. The van der Waals surface area contributed by atoms with Gasteiger partial charge in [0.2, 0.25) is 0 Å². The lowest BCUT2D eigenvalue weighted by molar-refractivity contribution is 0.415. The van der Waals surface area contributed by atoms with Crippen LogP contribution in [-0.2, 0) is 47.7 Å². The van der Waals surface area contributed by atoms with Crippen molar-refractivity contribution in [2.45, 2.75) is 0 Å². The van der Waals surface area contributed by atoms with Crippen molar-refractivity contribution in [3.63, 3.8) is 0 Å². The van der Waals surface area contributed by atoms with E-state index in [0.717, 1.165) is 22.6 Å². The lowest BCUT2D eigenvalue weighted by atomic mass is 10.3. The fourth-order valence-electron chi connectivity index (χ4n) is 2.71. The highest BCUT2D eigenvalue weighted by atomic mass is 33.7. The Balaban J connectivity index is 0.000000235. The maximum atomic E-state index is 5.91. The maximum absolute atomic E-state index is 5.91. The van der Waals surface area contributed by atoms with Crippen LogP contribution in [0, 0.1) is 0 Å². The second kappa shape index (κ2) is 12.3. The molecule has 1 aliphatic rings. The van der Waals surface area contributed by atoms with E-state index >= 15 is 0 Å². The Labute approximate surface area is 224 Å². The zero-order valence-electron chi connectivity index (χ0n) is 17.9. The Hall–Kier alpha value is -0.0700. The molecule has 1 fully saturated rings. The number of hydrogen-bond donors (Lipinski definition) is 0. The van der Waals surface area contributed by atoms with E-state index in [1.807, 2.05) is 70.5 Å². The predicted octanol–water partition coefficient (Wildman–Crippen LogP) is 6.48. The molecular formula is C21H21O3P3S6. The molecule has 0 aliphatic carbocycles. The number of benzene rings is 3. The molecule has 1 aliphatic heterocycles. The summed E-state index contributed by atoms with van der Waals surface area (Å²) < 4.78 is 12.1. The van der Waals surface area contributed by atoms with Gasteiger partial charge in [0.15, 0.2) is 0 Å². The molecule has 3 nitrogen and oxygen atoms in total. The highest BCUT2D eigenvalue weighted by molar-refractivity contribution is 9.48. The lowest BCUT2D eigenvalue weighted by Crippen LogP contribution is -2.09. The Morgan fingerprint density at radius 1 is 0.636 bits per heavy atom. The summed E-state index contributed by atoms with van der Waals surface area (Å²) in [6.07, 6.45) is 0. The van der Waals surface area contributed by atoms with E-state index in [2.05, 4.69) is 24.3 Å². The fraction of sp³-hybridized carbons (Fsp3) is 0.143. The topological polar surface area (TPSA) is 27.7 Å². The summed E-state index contributed by atoms with van der Waals surface area (Å²) in [6, 6.07) is 23.8. The lowest BCUT2D eigenvalue weighted by Gasteiger charge is -2.40. The summed E-state index contributed by atoms with van der Waals surface area (Å²) >= 11 is 25.4. The summed E-state index contributed by atoms with van der Waals surface area (Å²) in [5, 5.41) is 3.48. The third-order valence-corrected chi connectivity index (χ3v) is 37.7. The normalized spacial score (nSPS) is 21.6. The van der Waals surface area contributed by atoms with Gasteiger partial charge in [-0.15, -0.1) is 0 Å². The van der Waals surface area contributed by atoms with Gasteiger partial charge in [0.1, 0.15) is 34.4 Å². The average Bonchev–Trinajstić information content (AvgIpc) is 2.83. The van der Waals surface area contributed by atoms with Gasteiger partial charge in [-0.1, -0.05) is 45.6 Å². The largest absolute Gasteiger partial charge is 0.497 e. The third-order valence-electron chi connectivity index (χ3n) is 4.49. The highest BCUT2D eigenvalue weighted by Crippen LogP contribution is 3.04. The van der Waals surface area contributed by atoms with Gasteiger partial charge in [0.05, 0.1) is 36.1 Å². The minimum Gasteiger partial charge on any atom is -0.497 e. The first-order valence-electron chi connectivity index (χ1n) is 9.43. The van der Waals surface area contributed by atoms with E-state index < -0.39 is 14.8 Å². The zero-order valence-corrected chi connectivity index (χ0v) is 25.5. The minimum atomic E-state index is -1.66. The third kappa shape index (κ3) is 7.00. The number of hydrogen-bond acceptors (Lipinski definition) is 9. The molecule has 1 unspecified atom stereocenters. The van der Waals surface area contributed by atoms with Gasteiger partial charge in [0, 0.05) is 10.6 Å². The van der Waals surface area contributed by atoms with Crippen LogP contribution >= 0.6 is 36.8 Å². The van der Waals surface area contributed by atoms with Crippen LogP contribution in [0.2, 0.25) is 0 Å². The Morgan fingerprint density at radius 3 is 1.21 bits per heavy atom. The van der Waals surface area contributed by atoms with Crippen LogP contribution in [0.25, 0.3) is 0 Å². The molecule has 0 aromatic heterocycles. The SMILES string of the molecule is COc1ccc(P2(=S)SP(=S)(c3ccc(OC)cc3)S2)cc1.COc1ccc([P+](=S)[S-])cc1. The van der Waals surface area contributed by atoms with Crippen molar-refractivity contribution in [2.75, 3.05) is 21.3 Å². The summed E-state index contributed by atoms with van der Waals surface area (Å²) in [6.45, 7) is 0. The molecular weight excluding hydrogens is 586 g/mol. The second-order valence-electron chi connectivity index (χ2n) is 6.51. The zero-order chi connectivity index (χ0) is 24.1. The standard InChI is InChI=1S/C14H14O2P2S4.C7H7OPS2/c1-15-11-3-7-13(8-4-11)17(19)21-18(20,22-17)14-9-5-12(16-2)6-10-14;1-8-6-2-4-7(5-3-6)9(10)11/h3-10H,1-2H3;2-5H,1H3. The molecule has 3 aromatic rings. The molecule has 33 heavy (non-hydrogen) atoms. The van der Waals surface area contributed by atoms with Crippen LogP contribution < -0.4 is 30.1 Å². The van der Waals surface area contributed by atoms with Crippen molar-refractivity contribution in [3.05, 3.63) is 72.8 Å². The van der Waals surface area contributed by atoms with Crippen molar-refractivity contribution in [2.24, 2.45) is 0 Å². The molecule has 174 valence electrons. The first-order valence-corrected chi connectivity index (χ1v) is 22.5. The molecule has 0 radical (unpaired) electrons. The van der Waals surface area contributed by atoms with E-state index in [1.165, 1.54) is 10.6 Å². The molecule has 4 rings (SSSR count). The maximum Gasteiger partial charge on any atom is 0.139 e. The van der Waals surface area contributed by atoms with Gasteiger partial charge in [-0.05, 0) is 72.8 Å². The summed E-state index contributed by atoms with van der Waals surface area (Å²) in [5.74, 6) is 1.76. The molecule has 1 saturated heterocycles. The van der Waals surface area contributed by atoms with Crippen molar-refractivity contribution in [3.8, 4) is 17.2 Å². The van der Waals surface area contributed by atoms with E-state index in [1.54, 1.807) is 21.3 Å². The van der Waals surface area contributed by atoms with Crippen LogP contribution in [0.5, 0.6) is 17.2 Å². The van der Waals surface area contributed by atoms with Crippen molar-refractivity contribution in [1.82, 2.24) is 0 Å². The molecule has 0 saturated carbocycles. The highest BCUT2D eigenvalue weighted by Gasteiger charge is 2.45. The van der Waals surface area contributed by atoms with E-state index in [0.29, 0.717) is 0 Å². The quantitative estimate of drug-likeness (QED) is 0.231. The first kappa shape index (κ1) is 27.5. The minimum absolute atomic E-state index is 0.802. The van der Waals surface area contributed by atoms with Crippen LogP contribution in [-0.4, -0.2) is 21.3 Å². The molecule has 0 N–H and O–H groups in total. The molecule has 1 atom stereocenters. The monoisotopic (exact) mass is 606 g/mol.